The van der Waals surface area contributed by atoms with Crippen LogP contribution in [0.25, 0.3) is 11.3 Å². The Kier molecular flexibility index (Phi) is 5.07. The van der Waals surface area contributed by atoms with Gasteiger partial charge < -0.3 is 4.74 Å². The Labute approximate surface area is 145 Å². The predicted molar refractivity (Wildman–Crippen MR) is 93.9 cm³/mol. The van der Waals surface area contributed by atoms with E-state index >= 15 is 0 Å². The molecule has 0 fully saturated rings. The third-order valence-electron chi connectivity index (χ3n) is 4.24. The lowest BCUT2D eigenvalue weighted by Crippen LogP contribution is -2.22. The zero-order valence-corrected chi connectivity index (χ0v) is 14.3. The van der Waals surface area contributed by atoms with Crippen LogP contribution in [-0.2, 0) is 4.79 Å². The van der Waals surface area contributed by atoms with Gasteiger partial charge in [-0.15, -0.1) is 11.3 Å². The number of aromatic nitrogens is 1. The third kappa shape index (κ3) is 3.39. The molecule has 24 heavy (non-hydrogen) atoms. The van der Waals surface area contributed by atoms with Crippen molar-refractivity contribution < 1.29 is 9.53 Å². The largest absolute Gasteiger partial charge is 0.497 e. The van der Waals surface area contributed by atoms with Crippen LogP contribution in [0.1, 0.15) is 30.2 Å². The summed E-state index contributed by atoms with van der Waals surface area (Å²) in [5.41, 5.74) is 1.73. The summed E-state index contributed by atoms with van der Waals surface area (Å²) in [5, 5.41) is 12.0. The van der Waals surface area contributed by atoms with Gasteiger partial charge in [-0.3, -0.25) is 4.79 Å². The molecule has 4 nitrogen and oxygen atoms in total. The number of nitriles is 1. The number of hydrogen-bond acceptors (Lipinski definition) is 5. The summed E-state index contributed by atoms with van der Waals surface area (Å²) < 4.78 is 5.15. The van der Waals surface area contributed by atoms with Crippen LogP contribution in [0, 0.1) is 17.2 Å². The Morgan fingerprint density at radius 1 is 1.38 bits per heavy atom. The number of ketones is 1. The minimum Gasteiger partial charge on any atom is -0.497 e. The molecule has 2 aromatic rings. The molecule has 0 N–H and O–H groups in total. The van der Waals surface area contributed by atoms with Crippen molar-refractivity contribution in [2.24, 2.45) is 5.92 Å². The van der Waals surface area contributed by atoms with Gasteiger partial charge in [-0.2, -0.15) is 5.26 Å². The molecule has 1 aliphatic rings. The van der Waals surface area contributed by atoms with Crippen LogP contribution in [0.5, 0.6) is 5.75 Å². The number of allylic oxidation sites excluding steroid dienone is 2. The van der Waals surface area contributed by atoms with E-state index in [0.717, 1.165) is 36.3 Å². The van der Waals surface area contributed by atoms with Gasteiger partial charge in [0.2, 0.25) is 0 Å². The zero-order chi connectivity index (χ0) is 16.9. The molecule has 0 saturated carbocycles. The van der Waals surface area contributed by atoms with Gasteiger partial charge in [0, 0.05) is 16.9 Å². The van der Waals surface area contributed by atoms with Crippen molar-refractivity contribution >= 4 is 17.1 Å². The topological polar surface area (TPSA) is 63.0 Å². The van der Waals surface area contributed by atoms with Crippen molar-refractivity contribution in [2.75, 3.05) is 7.11 Å². The predicted octanol–water partition coefficient (Wildman–Crippen LogP) is 4.35. The first-order valence-electron chi connectivity index (χ1n) is 7.91. The first-order chi connectivity index (χ1) is 11.7. The number of carbonyl (C=O) groups is 1. The van der Waals surface area contributed by atoms with Gasteiger partial charge in [-0.25, -0.2) is 4.98 Å². The van der Waals surface area contributed by atoms with E-state index in [1.54, 1.807) is 7.11 Å². The molecular formula is C19H18N2O2S. The molecule has 2 atom stereocenters. The minimum atomic E-state index is -0.765. The number of methoxy groups -OCH3 is 1. The second kappa shape index (κ2) is 7.41. The van der Waals surface area contributed by atoms with E-state index in [1.165, 1.54) is 11.3 Å². The Hall–Kier alpha value is -2.45. The van der Waals surface area contributed by atoms with Crippen LogP contribution >= 0.6 is 11.3 Å². The zero-order valence-electron chi connectivity index (χ0n) is 13.4. The second-order valence-corrected chi connectivity index (χ2v) is 6.64. The Balaban J connectivity index is 1.80. The minimum absolute atomic E-state index is 0.00233. The Morgan fingerprint density at radius 3 is 2.79 bits per heavy atom. The van der Waals surface area contributed by atoms with Crippen molar-refractivity contribution in [1.82, 2.24) is 4.98 Å². The molecule has 0 unspecified atom stereocenters. The van der Waals surface area contributed by atoms with Crippen LogP contribution in [0.4, 0.5) is 0 Å². The van der Waals surface area contributed by atoms with Gasteiger partial charge in [0.25, 0.3) is 0 Å². The summed E-state index contributed by atoms with van der Waals surface area (Å²) in [4.78, 5) is 17.2. The monoisotopic (exact) mass is 338 g/mol. The smallest absolute Gasteiger partial charge is 0.160 e. The molecule has 3 rings (SSSR count). The number of benzene rings is 1. The molecule has 1 heterocycles. The highest BCUT2D eigenvalue weighted by molar-refractivity contribution is 7.10. The number of carbonyl (C=O) groups excluding carboxylic acids is 1. The average molecular weight is 338 g/mol. The first kappa shape index (κ1) is 16.4. The number of rotatable bonds is 5. The van der Waals surface area contributed by atoms with Gasteiger partial charge in [0.1, 0.15) is 10.8 Å². The number of nitrogens with zero attached hydrogens (tertiary/aromatic N) is 2. The molecule has 122 valence electrons. The van der Waals surface area contributed by atoms with Crippen LogP contribution in [-0.4, -0.2) is 17.9 Å². The lowest BCUT2D eigenvalue weighted by Gasteiger charge is -2.18. The SMILES string of the molecule is COc1ccc(-c2csc([C@@H](C#N)C(=O)[C@H]3CC=CCC3)n2)cc1. The molecule has 1 aromatic carbocycles. The summed E-state index contributed by atoms with van der Waals surface area (Å²) in [5.74, 6) is -0.0476. The molecule has 0 aliphatic heterocycles. The summed E-state index contributed by atoms with van der Waals surface area (Å²) in [6, 6.07) is 9.74. The van der Waals surface area contributed by atoms with Crippen molar-refractivity contribution in [3.8, 4) is 23.1 Å². The Bertz CT molecular complexity index is 786. The molecule has 0 radical (unpaired) electrons. The van der Waals surface area contributed by atoms with E-state index in [9.17, 15) is 10.1 Å². The molecule has 0 spiro atoms. The number of hydrogen-bond donors (Lipinski definition) is 0. The van der Waals surface area contributed by atoms with E-state index < -0.39 is 5.92 Å². The molecule has 0 bridgehead atoms. The maximum Gasteiger partial charge on any atom is 0.160 e. The summed E-state index contributed by atoms with van der Waals surface area (Å²) in [6.45, 7) is 0. The van der Waals surface area contributed by atoms with E-state index in [-0.39, 0.29) is 11.7 Å². The van der Waals surface area contributed by atoms with Crippen molar-refractivity contribution in [1.29, 1.82) is 5.26 Å². The van der Waals surface area contributed by atoms with Crippen LogP contribution in [0.3, 0.4) is 0 Å². The lowest BCUT2D eigenvalue weighted by molar-refractivity contribution is -0.123. The van der Waals surface area contributed by atoms with Gasteiger partial charge >= 0.3 is 0 Å². The van der Waals surface area contributed by atoms with Crippen molar-refractivity contribution in [3.05, 3.63) is 46.8 Å². The van der Waals surface area contributed by atoms with Gasteiger partial charge in [-0.05, 0) is 43.5 Å². The van der Waals surface area contributed by atoms with Crippen molar-refractivity contribution in [2.45, 2.75) is 25.2 Å². The molecule has 0 saturated heterocycles. The van der Waals surface area contributed by atoms with Gasteiger partial charge in [0.15, 0.2) is 11.7 Å². The lowest BCUT2D eigenvalue weighted by atomic mass is 9.85. The quantitative estimate of drug-likeness (QED) is 0.760. The van der Waals surface area contributed by atoms with Crippen molar-refractivity contribution in [3.63, 3.8) is 0 Å². The normalized spacial score (nSPS) is 17.9. The van der Waals surface area contributed by atoms with Gasteiger partial charge in [0.05, 0.1) is 18.9 Å². The number of thiazole rings is 1. The highest BCUT2D eigenvalue weighted by Crippen LogP contribution is 2.31. The van der Waals surface area contributed by atoms with E-state index in [0.29, 0.717) is 5.01 Å². The molecule has 0 amide bonds. The van der Waals surface area contributed by atoms with Gasteiger partial charge in [-0.1, -0.05) is 12.2 Å². The average Bonchev–Trinajstić information content (AvgIpc) is 3.13. The number of ether oxygens (including phenoxy) is 1. The van der Waals surface area contributed by atoms with E-state index in [4.69, 9.17) is 4.74 Å². The summed E-state index contributed by atoms with van der Waals surface area (Å²) >= 11 is 1.38. The van der Waals surface area contributed by atoms with Crippen LogP contribution in [0.2, 0.25) is 0 Å². The van der Waals surface area contributed by atoms with E-state index in [2.05, 4.69) is 17.1 Å². The fraction of sp³-hybridized carbons (Fsp3) is 0.316. The standard InChI is InChI=1S/C19H18N2O2S/c1-23-15-9-7-13(8-10-15)17-12-24-19(21-17)16(11-20)18(22)14-5-3-2-4-6-14/h2-3,7-10,12,14,16H,4-6H2,1H3/t14-,16-/m0/s1. The van der Waals surface area contributed by atoms with Crippen LogP contribution < -0.4 is 4.74 Å². The second-order valence-electron chi connectivity index (χ2n) is 5.75. The molecular weight excluding hydrogens is 320 g/mol. The third-order valence-corrected chi connectivity index (χ3v) is 5.15. The molecule has 5 heteroatoms. The summed E-state index contributed by atoms with van der Waals surface area (Å²) in [6.07, 6.45) is 6.59. The Morgan fingerprint density at radius 2 is 2.17 bits per heavy atom. The molecule has 1 aliphatic carbocycles. The first-order valence-corrected chi connectivity index (χ1v) is 8.79. The van der Waals surface area contributed by atoms with E-state index in [1.807, 2.05) is 35.7 Å². The van der Waals surface area contributed by atoms with Crippen LogP contribution in [0.15, 0.2) is 41.8 Å². The highest BCUT2D eigenvalue weighted by Gasteiger charge is 2.30. The highest BCUT2D eigenvalue weighted by atomic mass is 32.1. The summed E-state index contributed by atoms with van der Waals surface area (Å²) in [7, 11) is 1.62. The number of Topliss-reactive ketones (excluding diaryl/α,β-unsaturated/α-hetero) is 1. The maximum absolute atomic E-state index is 12.7. The fourth-order valence-electron chi connectivity index (χ4n) is 2.84. The molecule has 1 aromatic heterocycles. The maximum atomic E-state index is 12.7. The fourth-order valence-corrected chi connectivity index (χ4v) is 3.72.